The van der Waals surface area contributed by atoms with Gasteiger partial charge in [-0.3, -0.25) is 0 Å². The molecule has 0 saturated carbocycles. The molecule has 0 aromatic carbocycles. The maximum Gasteiger partial charge on any atom is 0.395 e. The molecule has 1 heterocycles. The lowest BCUT2D eigenvalue weighted by atomic mass is 10.7. The van der Waals surface area contributed by atoms with Crippen molar-refractivity contribution in [2.45, 2.75) is 10.4 Å². The highest BCUT2D eigenvalue weighted by atomic mass is 32.2. The lowest BCUT2D eigenvalue weighted by Gasteiger charge is -2.06. The lowest BCUT2D eigenvalue weighted by Crippen LogP contribution is -2.23. The van der Waals surface area contributed by atoms with Crippen molar-refractivity contribution in [2.75, 3.05) is 0 Å². The van der Waals surface area contributed by atoms with Gasteiger partial charge in [0.1, 0.15) is 0 Å². The summed E-state index contributed by atoms with van der Waals surface area (Å²) in [6.07, 6.45) is 2.60. The van der Waals surface area contributed by atoms with Crippen molar-refractivity contribution in [1.29, 1.82) is 0 Å². The number of aromatic nitrogens is 2. The van der Waals surface area contributed by atoms with Gasteiger partial charge in [0.2, 0.25) is 0 Å². The van der Waals surface area contributed by atoms with Crippen LogP contribution in [-0.4, -0.2) is 26.3 Å². The van der Waals surface area contributed by atoms with Gasteiger partial charge < -0.3 is 10.1 Å². The van der Waals surface area contributed by atoms with Crippen LogP contribution in [0.2, 0.25) is 0 Å². The van der Waals surface area contributed by atoms with Crippen LogP contribution in [0.4, 0.5) is 8.78 Å². The maximum atomic E-state index is 12.4. The van der Waals surface area contributed by atoms with E-state index in [2.05, 4.69) is 9.97 Å². The number of carboxylic acids is 1. The van der Waals surface area contributed by atoms with Gasteiger partial charge in [0, 0.05) is 12.4 Å². The molecule has 12 heavy (non-hydrogen) atoms. The van der Waals surface area contributed by atoms with Gasteiger partial charge in [0.15, 0.2) is 5.16 Å². The molecule has 7 heteroatoms. The zero-order valence-corrected chi connectivity index (χ0v) is 6.44. The molecule has 1 aromatic heterocycles. The zero-order valence-electron chi connectivity index (χ0n) is 5.62. The van der Waals surface area contributed by atoms with Crippen LogP contribution in [0.25, 0.3) is 0 Å². The Hall–Kier alpha value is -1.11. The van der Waals surface area contributed by atoms with Gasteiger partial charge in [-0.2, -0.15) is 8.78 Å². The first-order valence-electron chi connectivity index (χ1n) is 2.82. The number of aliphatic carboxylic acids is 1. The highest BCUT2D eigenvalue weighted by Crippen LogP contribution is 2.33. The van der Waals surface area contributed by atoms with Gasteiger partial charge in [-0.05, 0) is 11.8 Å². The Morgan fingerprint density at radius 3 is 2.83 bits per heavy atom. The predicted octanol–water partition coefficient (Wildman–Crippen LogP) is 1.18. The van der Waals surface area contributed by atoms with Crippen molar-refractivity contribution in [3.8, 4) is 0 Å². The molecule has 66 valence electrons. The Morgan fingerprint density at radius 1 is 1.75 bits per heavy atom. The summed E-state index contributed by atoms with van der Waals surface area (Å²) in [5.74, 6) is -2.18. The standard InChI is InChI=1S/C5H4F2N2O2S/c6-5(7,3(10)11)12-4-8-1-2-9-4/h1-2H,(H,8,9)(H,10,11). The summed E-state index contributed by atoms with van der Waals surface area (Å²) in [5.41, 5.74) is 0. The molecule has 0 fully saturated rings. The smallest absolute Gasteiger partial charge is 0.395 e. The summed E-state index contributed by atoms with van der Waals surface area (Å²) in [6.45, 7) is 0. The molecule has 1 aromatic rings. The average molecular weight is 194 g/mol. The number of thioether (sulfide) groups is 1. The van der Waals surface area contributed by atoms with E-state index < -0.39 is 11.2 Å². The Kier molecular flexibility index (Phi) is 2.32. The molecule has 1 rings (SSSR count). The molecule has 0 radical (unpaired) electrons. The number of nitrogens with zero attached hydrogens (tertiary/aromatic N) is 1. The van der Waals surface area contributed by atoms with Crippen LogP contribution in [0, 0.1) is 0 Å². The minimum absolute atomic E-state index is 0.123. The number of hydrogen-bond acceptors (Lipinski definition) is 3. The number of rotatable bonds is 3. The number of imidazole rings is 1. The van der Waals surface area contributed by atoms with Crippen LogP contribution < -0.4 is 0 Å². The number of alkyl halides is 2. The lowest BCUT2D eigenvalue weighted by molar-refractivity contribution is -0.152. The van der Waals surface area contributed by atoms with Crippen molar-refractivity contribution >= 4 is 17.7 Å². The molecular formula is C5H4F2N2O2S. The van der Waals surface area contributed by atoms with E-state index >= 15 is 0 Å². The van der Waals surface area contributed by atoms with Crippen LogP contribution in [0.5, 0.6) is 0 Å². The van der Waals surface area contributed by atoms with E-state index in [-0.39, 0.29) is 16.9 Å². The van der Waals surface area contributed by atoms with Crippen molar-refractivity contribution < 1.29 is 18.7 Å². The third-order valence-corrected chi connectivity index (χ3v) is 1.79. The first-order chi connectivity index (χ1) is 5.52. The molecule has 0 bridgehead atoms. The van der Waals surface area contributed by atoms with Gasteiger partial charge in [0.05, 0.1) is 0 Å². The van der Waals surface area contributed by atoms with E-state index in [0.29, 0.717) is 0 Å². The van der Waals surface area contributed by atoms with E-state index in [1.54, 1.807) is 0 Å². The van der Waals surface area contributed by atoms with Crippen molar-refractivity contribution in [3.05, 3.63) is 12.4 Å². The normalized spacial score (nSPS) is 11.5. The van der Waals surface area contributed by atoms with E-state index in [1.165, 1.54) is 12.4 Å². The summed E-state index contributed by atoms with van der Waals surface area (Å²) in [5, 5.41) is 4.07. The highest BCUT2D eigenvalue weighted by Gasteiger charge is 2.41. The summed E-state index contributed by atoms with van der Waals surface area (Å²) in [7, 11) is 0. The second-order valence-corrected chi connectivity index (χ2v) is 2.92. The average Bonchev–Trinajstić information content (AvgIpc) is 2.38. The molecule has 2 N–H and O–H groups in total. The molecule has 0 unspecified atom stereocenters. The van der Waals surface area contributed by atoms with Crippen LogP contribution in [0.3, 0.4) is 0 Å². The largest absolute Gasteiger partial charge is 0.476 e. The monoisotopic (exact) mass is 194 g/mol. The summed E-state index contributed by atoms with van der Waals surface area (Å²) >= 11 is -0.139. The Bertz CT molecular complexity index is 275. The van der Waals surface area contributed by atoms with Crippen LogP contribution >= 0.6 is 11.8 Å². The van der Waals surface area contributed by atoms with Crippen LogP contribution in [-0.2, 0) is 4.79 Å². The second kappa shape index (κ2) is 3.10. The molecule has 0 aliphatic carbocycles. The number of H-pyrrole nitrogens is 1. The molecule has 0 saturated heterocycles. The molecule has 0 amide bonds. The SMILES string of the molecule is O=C(O)C(F)(F)Sc1ncc[nH]1. The molecule has 0 atom stereocenters. The van der Waals surface area contributed by atoms with E-state index in [4.69, 9.17) is 5.11 Å². The zero-order chi connectivity index (χ0) is 9.19. The second-order valence-electron chi connectivity index (χ2n) is 1.82. The van der Waals surface area contributed by atoms with Gasteiger partial charge in [-0.1, -0.05) is 0 Å². The fraction of sp³-hybridized carbons (Fsp3) is 0.200. The Morgan fingerprint density at radius 2 is 2.42 bits per heavy atom. The molecule has 0 aliphatic rings. The van der Waals surface area contributed by atoms with E-state index in [9.17, 15) is 13.6 Å². The fourth-order valence-corrected chi connectivity index (χ4v) is 1.04. The number of nitrogens with one attached hydrogen (secondary N) is 1. The predicted molar refractivity (Wildman–Crippen MR) is 37.0 cm³/mol. The van der Waals surface area contributed by atoms with E-state index in [0.717, 1.165) is 0 Å². The Labute approximate surface area is 70.0 Å². The first kappa shape index (κ1) is 8.98. The Balaban J connectivity index is 2.69. The van der Waals surface area contributed by atoms with Crippen LogP contribution in [0.1, 0.15) is 0 Å². The number of hydrogen-bond donors (Lipinski definition) is 2. The maximum absolute atomic E-state index is 12.4. The minimum atomic E-state index is -3.84. The van der Waals surface area contributed by atoms with Gasteiger partial charge in [0.25, 0.3) is 0 Å². The topological polar surface area (TPSA) is 66.0 Å². The number of carboxylic acid groups (broad SMARTS) is 1. The minimum Gasteiger partial charge on any atom is -0.476 e. The summed E-state index contributed by atoms with van der Waals surface area (Å²) in [4.78, 5) is 15.7. The third kappa shape index (κ3) is 1.94. The quantitative estimate of drug-likeness (QED) is 0.709. The first-order valence-corrected chi connectivity index (χ1v) is 3.63. The summed E-state index contributed by atoms with van der Waals surface area (Å²) in [6, 6.07) is 0. The van der Waals surface area contributed by atoms with Crippen molar-refractivity contribution in [2.24, 2.45) is 0 Å². The van der Waals surface area contributed by atoms with Gasteiger partial charge in [-0.25, -0.2) is 9.78 Å². The third-order valence-electron chi connectivity index (χ3n) is 0.947. The van der Waals surface area contributed by atoms with E-state index in [1.807, 2.05) is 0 Å². The van der Waals surface area contributed by atoms with Gasteiger partial charge >= 0.3 is 11.2 Å². The van der Waals surface area contributed by atoms with Crippen molar-refractivity contribution in [3.63, 3.8) is 0 Å². The van der Waals surface area contributed by atoms with Crippen LogP contribution in [0.15, 0.2) is 17.6 Å². The molecule has 4 nitrogen and oxygen atoms in total. The number of carbonyl (C=O) groups is 1. The molecule has 0 spiro atoms. The number of aromatic amines is 1. The summed E-state index contributed by atoms with van der Waals surface area (Å²) < 4.78 is 24.8. The molecular weight excluding hydrogens is 190 g/mol. The van der Waals surface area contributed by atoms with Crippen molar-refractivity contribution in [1.82, 2.24) is 9.97 Å². The highest BCUT2D eigenvalue weighted by molar-refractivity contribution is 8.00. The fourth-order valence-electron chi connectivity index (χ4n) is 0.472. The number of halogens is 2. The van der Waals surface area contributed by atoms with Gasteiger partial charge in [-0.15, -0.1) is 0 Å². The molecule has 0 aliphatic heterocycles.